The van der Waals surface area contributed by atoms with Crippen LogP contribution >= 0.6 is 22.9 Å². The Kier molecular flexibility index (Phi) is 5.24. The summed E-state index contributed by atoms with van der Waals surface area (Å²) in [4.78, 5) is 0. The fourth-order valence-corrected chi connectivity index (χ4v) is 3.46. The number of nitrogens with one attached hydrogen (secondary N) is 1. The Morgan fingerprint density at radius 1 is 1.40 bits per heavy atom. The number of halogens is 1. The van der Waals surface area contributed by atoms with Gasteiger partial charge in [0.1, 0.15) is 0 Å². The van der Waals surface area contributed by atoms with E-state index >= 15 is 0 Å². The van der Waals surface area contributed by atoms with Crippen LogP contribution < -0.4 is 5.32 Å². The Bertz CT molecular complexity index is 559. The predicted molar refractivity (Wildman–Crippen MR) is 86.8 cm³/mol. The molecule has 0 aromatic carbocycles. The number of hydrogen-bond donors (Lipinski definition) is 1. The smallest absolute Gasteiger partial charge is 0.0837 e. The van der Waals surface area contributed by atoms with Crippen molar-refractivity contribution < 1.29 is 0 Å². The van der Waals surface area contributed by atoms with E-state index in [1.165, 1.54) is 11.1 Å². The van der Waals surface area contributed by atoms with E-state index in [1.54, 1.807) is 17.5 Å². The van der Waals surface area contributed by atoms with Crippen molar-refractivity contribution in [2.75, 3.05) is 6.54 Å². The molecule has 0 saturated carbocycles. The molecule has 2 aromatic rings. The third kappa shape index (κ3) is 3.08. The molecule has 0 spiro atoms. The van der Waals surface area contributed by atoms with Crippen LogP contribution in [0.2, 0.25) is 5.02 Å². The lowest BCUT2D eigenvalue weighted by atomic mass is 10.0. The first kappa shape index (κ1) is 15.5. The monoisotopic (exact) mass is 311 g/mol. The van der Waals surface area contributed by atoms with E-state index in [0.717, 1.165) is 23.7 Å². The second-order valence-electron chi connectivity index (χ2n) is 5.31. The van der Waals surface area contributed by atoms with Gasteiger partial charge in [-0.1, -0.05) is 18.5 Å². The van der Waals surface area contributed by atoms with E-state index in [0.29, 0.717) is 6.04 Å². The van der Waals surface area contributed by atoms with Gasteiger partial charge in [0.05, 0.1) is 23.0 Å². The molecule has 0 bridgehead atoms. The van der Waals surface area contributed by atoms with E-state index in [1.807, 2.05) is 4.68 Å². The lowest BCUT2D eigenvalue weighted by Gasteiger charge is -2.22. The molecule has 1 unspecified atom stereocenters. The van der Waals surface area contributed by atoms with Crippen LogP contribution in [0, 0.1) is 6.92 Å². The molecular formula is C15H22ClN3S. The van der Waals surface area contributed by atoms with Gasteiger partial charge in [0.25, 0.3) is 0 Å². The van der Waals surface area contributed by atoms with Crippen LogP contribution in [0.25, 0.3) is 0 Å². The summed E-state index contributed by atoms with van der Waals surface area (Å²) in [6, 6.07) is 0.404. The minimum absolute atomic E-state index is 0.110. The van der Waals surface area contributed by atoms with Gasteiger partial charge in [-0.15, -0.1) is 0 Å². The van der Waals surface area contributed by atoms with Crippen LogP contribution in [0.3, 0.4) is 0 Å². The minimum atomic E-state index is 0.110. The van der Waals surface area contributed by atoms with Gasteiger partial charge in [-0.2, -0.15) is 16.4 Å². The predicted octanol–water partition coefficient (Wildman–Crippen LogP) is 4.58. The molecule has 0 aliphatic carbocycles. The Hall–Kier alpha value is -0.840. The number of aromatic nitrogens is 2. The second kappa shape index (κ2) is 6.74. The normalized spacial score (nSPS) is 13.1. The van der Waals surface area contributed by atoms with Crippen LogP contribution in [0.5, 0.6) is 0 Å². The molecule has 1 atom stereocenters. The first-order valence-electron chi connectivity index (χ1n) is 7.05. The van der Waals surface area contributed by atoms with Gasteiger partial charge >= 0.3 is 0 Å². The molecule has 2 aromatic heterocycles. The maximum Gasteiger partial charge on any atom is 0.0837 e. The molecule has 0 amide bonds. The van der Waals surface area contributed by atoms with Gasteiger partial charge in [0.15, 0.2) is 0 Å². The lowest BCUT2D eigenvalue weighted by Crippen LogP contribution is -2.27. The number of aryl methyl sites for hydroxylation is 1. The fraction of sp³-hybridized carbons (Fsp3) is 0.533. The first-order chi connectivity index (χ1) is 9.56. The van der Waals surface area contributed by atoms with Crippen molar-refractivity contribution >= 4 is 22.9 Å². The number of hydrogen-bond acceptors (Lipinski definition) is 3. The van der Waals surface area contributed by atoms with Gasteiger partial charge < -0.3 is 5.32 Å². The number of nitrogens with zero attached hydrogens (tertiary/aromatic N) is 2. The van der Waals surface area contributed by atoms with Crippen molar-refractivity contribution in [2.45, 2.75) is 46.2 Å². The highest BCUT2D eigenvalue weighted by molar-refractivity contribution is 7.08. The van der Waals surface area contributed by atoms with E-state index in [9.17, 15) is 0 Å². The SMILES string of the molecule is CCCNC(c1cscc1C)c1c(Cl)cnn1C(C)C. The minimum Gasteiger partial charge on any atom is -0.305 e. The van der Waals surface area contributed by atoms with E-state index in [2.05, 4.69) is 48.9 Å². The Labute approximate surface area is 130 Å². The highest BCUT2D eigenvalue weighted by Gasteiger charge is 2.24. The summed E-state index contributed by atoms with van der Waals surface area (Å²) in [6.45, 7) is 9.54. The molecule has 3 nitrogen and oxygen atoms in total. The standard InChI is InChI=1S/C15H22ClN3S/c1-5-6-17-14(12-9-20-8-11(12)4)15-13(16)7-18-19(15)10(2)3/h7-10,14,17H,5-6H2,1-4H3. The molecule has 5 heteroatoms. The molecule has 0 saturated heterocycles. The summed E-state index contributed by atoms with van der Waals surface area (Å²) in [5.74, 6) is 0. The van der Waals surface area contributed by atoms with Gasteiger partial charge in [0.2, 0.25) is 0 Å². The zero-order valence-electron chi connectivity index (χ0n) is 12.5. The summed E-state index contributed by atoms with van der Waals surface area (Å²) >= 11 is 8.14. The zero-order valence-corrected chi connectivity index (χ0v) is 14.1. The molecule has 1 N–H and O–H groups in total. The van der Waals surface area contributed by atoms with Crippen LogP contribution in [0.15, 0.2) is 17.0 Å². The summed E-state index contributed by atoms with van der Waals surface area (Å²) < 4.78 is 2.02. The Balaban J connectivity index is 2.46. The molecule has 2 rings (SSSR count). The number of rotatable bonds is 6. The third-order valence-electron chi connectivity index (χ3n) is 3.35. The zero-order chi connectivity index (χ0) is 14.7. The van der Waals surface area contributed by atoms with Gasteiger partial charge in [-0.3, -0.25) is 4.68 Å². The Morgan fingerprint density at radius 3 is 2.70 bits per heavy atom. The summed E-state index contributed by atoms with van der Waals surface area (Å²) in [5, 5.41) is 13.2. The summed E-state index contributed by atoms with van der Waals surface area (Å²) in [5.41, 5.74) is 3.67. The molecule has 0 aliphatic heterocycles. The summed E-state index contributed by atoms with van der Waals surface area (Å²) in [7, 11) is 0. The third-order valence-corrected chi connectivity index (χ3v) is 4.53. The topological polar surface area (TPSA) is 29.9 Å². The van der Waals surface area contributed by atoms with Crippen molar-refractivity contribution in [2.24, 2.45) is 0 Å². The molecule has 0 radical (unpaired) electrons. The van der Waals surface area contributed by atoms with Gasteiger partial charge in [-0.05, 0) is 55.6 Å². The van der Waals surface area contributed by atoms with Crippen molar-refractivity contribution in [3.05, 3.63) is 38.8 Å². The highest BCUT2D eigenvalue weighted by Crippen LogP contribution is 2.33. The lowest BCUT2D eigenvalue weighted by molar-refractivity contribution is 0.471. The first-order valence-corrected chi connectivity index (χ1v) is 8.37. The highest BCUT2D eigenvalue weighted by atomic mass is 35.5. The quantitative estimate of drug-likeness (QED) is 0.846. The van der Waals surface area contributed by atoms with Crippen LogP contribution in [-0.2, 0) is 0 Å². The van der Waals surface area contributed by atoms with E-state index < -0.39 is 0 Å². The summed E-state index contributed by atoms with van der Waals surface area (Å²) in [6.07, 6.45) is 2.84. The molecule has 110 valence electrons. The fourth-order valence-electron chi connectivity index (χ4n) is 2.34. The molecule has 20 heavy (non-hydrogen) atoms. The van der Waals surface area contributed by atoms with Gasteiger partial charge in [0, 0.05) is 6.04 Å². The van der Waals surface area contributed by atoms with Gasteiger partial charge in [-0.25, -0.2) is 0 Å². The maximum absolute atomic E-state index is 6.41. The largest absolute Gasteiger partial charge is 0.305 e. The average Bonchev–Trinajstić information content (AvgIpc) is 2.98. The molecule has 0 fully saturated rings. The average molecular weight is 312 g/mol. The van der Waals surface area contributed by atoms with Crippen molar-refractivity contribution in [1.82, 2.24) is 15.1 Å². The molecular weight excluding hydrogens is 290 g/mol. The van der Waals surface area contributed by atoms with Crippen LogP contribution in [0.4, 0.5) is 0 Å². The van der Waals surface area contributed by atoms with Crippen molar-refractivity contribution in [3.8, 4) is 0 Å². The molecule has 2 heterocycles. The van der Waals surface area contributed by atoms with E-state index in [4.69, 9.17) is 11.6 Å². The second-order valence-corrected chi connectivity index (χ2v) is 6.46. The Morgan fingerprint density at radius 2 is 2.15 bits per heavy atom. The maximum atomic E-state index is 6.41. The molecule has 0 aliphatic rings. The number of thiophene rings is 1. The van der Waals surface area contributed by atoms with Crippen LogP contribution in [0.1, 0.15) is 56.1 Å². The van der Waals surface area contributed by atoms with Crippen molar-refractivity contribution in [1.29, 1.82) is 0 Å². The van der Waals surface area contributed by atoms with Crippen LogP contribution in [-0.4, -0.2) is 16.3 Å². The van der Waals surface area contributed by atoms with E-state index in [-0.39, 0.29) is 6.04 Å². The van der Waals surface area contributed by atoms with Crippen molar-refractivity contribution in [3.63, 3.8) is 0 Å².